The van der Waals surface area contributed by atoms with Crippen molar-refractivity contribution >= 4 is 17.7 Å². The summed E-state index contributed by atoms with van der Waals surface area (Å²) in [5, 5.41) is 12.4. The van der Waals surface area contributed by atoms with Gasteiger partial charge in [-0.2, -0.15) is 4.68 Å². The second-order valence-corrected chi connectivity index (χ2v) is 7.63. The summed E-state index contributed by atoms with van der Waals surface area (Å²) in [7, 11) is 1.74. The SMILES string of the molecule is Cc1ccc(-n2nnnc2SCC(=O)N(C)C(C)c2ccc(F)cc2)c(C)c1. The molecule has 8 heteroatoms. The van der Waals surface area contributed by atoms with Crippen molar-refractivity contribution in [2.75, 3.05) is 12.8 Å². The van der Waals surface area contributed by atoms with Crippen molar-refractivity contribution in [3.8, 4) is 5.69 Å². The van der Waals surface area contributed by atoms with E-state index in [9.17, 15) is 9.18 Å². The molecule has 146 valence electrons. The minimum Gasteiger partial charge on any atom is -0.338 e. The number of tetrazole rings is 1. The molecule has 0 aliphatic carbocycles. The lowest BCUT2D eigenvalue weighted by molar-refractivity contribution is -0.128. The molecule has 28 heavy (non-hydrogen) atoms. The Labute approximate surface area is 167 Å². The number of hydrogen-bond donors (Lipinski definition) is 0. The third kappa shape index (κ3) is 4.39. The number of hydrogen-bond acceptors (Lipinski definition) is 5. The first-order valence-corrected chi connectivity index (χ1v) is 9.85. The van der Waals surface area contributed by atoms with Crippen molar-refractivity contribution < 1.29 is 9.18 Å². The first-order valence-electron chi connectivity index (χ1n) is 8.86. The molecule has 0 spiro atoms. The van der Waals surface area contributed by atoms with Gasteiger partial charge in [-0.3, -0.25) is 4.79 Å². The van der Waals surface area contributed by atoms with Crippen LogP contribution < -0.4 is 0 Å². The number of aryl methyl sites for hydroxylation is 2. The number of amides is 1. The maximum absolute atomic E-state index is 13.1. The van der Waals surface area contributed by atoms with E-state index in [4.69, 9.17) is 0 Å². The predicted octanol–water partition coefficient (Wildman–Crippen LogP) is 3.73. The first-order chi connectivity index (χ1) is 13.4. The molecule has 1 unspecified atom stereocenters. The van der Waals surface area contributed by atoms with Crippen molar-refractivity contribution in [1.82, 2.24) is 25.1 Å². The van der Waals surface area contributed by atoms with Gasteiger partial charge >= 0.3 is 0 Å². The van der Waals surface area contributed by atoms with Gasteiger partial charge in [0.1, 0.15) is 5.82 Å². The number of halogens is 1. The van der Waals surface area contributed by atoms with Crippen LogP contribution >= 0.6 is 11.8 Å². The van der Waals surface area contributed by atoms with E-state index < -0.39 is 0 Å². The van der Waals surface area contributed by atoms with E-state index >= 15 is 0 Å². The minimum atomic E-state index is -0.293. The fourth-order valence-corrected chi connectivity index (χ4v) is 3.68. The summed E-state index contributed by atoms with van der Waals surface area (Å²) < 4.78 is 14.8. The highest BCUT2D eigenvalue weighted by atomic mass is 32.2. The predicted molar refractivity (Wildman–Crippen MR) is 107 cm³/mol. The average Bonchev–Trinajstić information content (AvgIpc) is 3.13. The zero-order chi connectivity index (χ0) is 20.3. The van der Waals surface area contributed by atoms with Gasteiger partial charge in [-0.25, -0.2) is 4.39 Å². The van der Waals surface area contributed by atoms with Gasteiger partial charge in [0.05, 0.1) is 17.5 Å². The van der Waals surface area contributed by atoms with Crippen LogP contribution in [-0.4, -0.2) is 43.8 Å². The molecular formula is C20H22FN5OS. The maximum Gasteiger partial charge on any atom is 0.233 e. The summed E-state index contributed by atoms with van der Waals surface area (Å²) in [4.78, 5) is 14.3. The van der Waals surface area contributed by atoms with Crippen molar-refractivity contribution in [1.29, 1.82) is 0 Å². The highest BCUT2D eigenvalue weighted by Crippen LogP contribution is 2.24. The van der Waals surface area contributed by atoms with Crippen LogP contribution in [0, 0.1) is 19.7 Å². The molecule has 0 aliphatic rings. The van der Waals surface area contributed by atoms with Crippen molar-refractivity contribution in [2.24, 2.45) is 0 Å². The summed E-state index contributed by atoms with van der Waals surface area (Å²) >= 11 is 1.29. The van der Waals surface area contributed by atoms with Gasteiger partial charge in [0.2, 0.25) is 11.1 Å². The minimum absolute atomic E-state index is 0.0583. The normalized spacial score (nSPS) is 12.0. The van der Waals surface area contributed by atoms with Crippen LogP contribution in [0.15, 0.2) is 47.6 Å². The number of carbonyl (C=O) groups excluding carboxylic acids is 1. The Balaban J connectivity index is 1.68. The molecule has 0 bridgehead atoms. The van der Waals surface area contributed by atoms with Crippen molar-refractivity contribution in [2.45, 2.75) is 32.0 Å². The summed E-state index contributed by atoms with van der Waals surface area (Å²) in [5.41, 5.74) is 3.98. The fourth-order valence-electron chi connectivity index (χ4n) is 2.87. The van der Waals surface area contributed by atoms with Gasteiger partial charge in [-0.15, -0.1) is 5.10 Å². The summed E-state index contributed by atoms with van der Waals surface area (Å²) in [6, 6.07) is 12.1. The number of nitrogens with zero attached hydrogens (tertiary/aromatic N) is 5. The molecule has 3 aromatic rings. The topological polar surface area (TPSA) is 63.9 Å². The lowest BCUT2D eigenvalue weighted by Gasteiger charge is -2.25. The highest BCUT2D eigenvalue weighted by molar-refractivity contribution is 7.99. The standard InChI is InChI=1S/C20H22FN5OS/c1-13-5-10-18(14(2)11-13)26-20(22-23-24-26)28-12-19(27)25(4)15(3)16-6-8-17(21)9-7-16/h5-11,15H,12H2,1-4H3. The molecule has 1 atom stereocenters. The Bertz CT molecular complexity index is 973. The Morgan fingerprint density at radius 2 is 1.93 bits per heavy atom. The zero-order valence-electron chi connectivity index (χ0n) is 16.3. The monoisotopic (exact) mass is 399 g/mol. The molecule has 0 radical (unpaired) electrons. The van der Waals surface area contributed by atoms with Gasteiger partial charge in [0, 0.05) is 7.05 Å². The van der Waals surface area contributed by atoms with Gasteiger partial charge in [0.25, 0.3) is 0 Å². The Morgan fingerprint density at radius 3 is 2.61 bits per heavy atom. The van der Waals surface area contributed by atoms with E-state index in [-0.39, 0.29) is 23.5 Å². The largest absolute Gasteiger partial charge is 0.338 e. The molecule has 3 rings (SSSR count). The van der Waals surface area contributed by atoms with Gasteiger partial charge in [0.15, 0.2) is 0 Å². The van der Waals surface area contributed by atoms with Crippen LogP contribution in [-0.2, 0) is 4.79 Å². The van der Waals surface area contributed by atoms with E-state index in [0.717, 1.165) is 22.4 Å². The van der Waals surface area contributed by atoms with E-state index in [2.05, 4.69) is 21.6 Å². The molecule has 6 nitrogen and oxygen atoms in total. The smallest absolute Gasteiger partial charge is 0.233 e. The molecule has 1 aromatic heterocycles. The molecule has 0 aliphatic heterocycles. The zero-order valence-corrected chi connectivity index (χ0v) is 17.1. The quantitative estimate of drug-likeness (QED) is 0.591. The number of carbonyl (C=O) groups is 1. The van der Waals surface area contributed by atoms with Crippen LogP contribution in [0.25, 0.3) is 5.69 Å². The second-order valence-electron chi connectivity index (χ2n) is 6.68. The lowest BCUT2D eigenvalue weighted by Crippen LogP contribution is -2.31. The Kier molecular flexibility index (Phi) is 6.08. The summed E-state index contributed by atoms with van der Waals surface area (Å²) in [6.07, 6.45) is 0. The maximum atomic E-state index is 13.1. The van der Waals surface area contributed by atoms with Gasteiger partial charge in [-0.05, 0) is 60.5 Å². The van der Waals surface area contributed by atoms with E-state index in [1.807, 2.05) is 32.9 Å². The lowest BCUT2D eigenvalue weighted by atomic mass is 10.1. The third-order valence-electron chi connectivity index (χ3n) is 4.67. The second kappa shape index (κ2) is 8.52. The van der Waals surface area contributed by atoms with E-state index in [1.54, 1.807) is 28.8 Å². The van der Waals surface area contributed by atoms with Crippen LogP contribution in [0.2, 0.25) is 0 Å². The highest BCUT2D eigenvalue weighted by Gasteiger charge is 2.19. The van der Waals surface area contributed by atoms with Crippen LogP contribution in [0.1, 0.15) is 29.7 Å². The van der Waals surface area contributed by atoms with Crippen LogP contribution in [0.5, 0.6) is 0 Å². The Morgan fingerprint density at radius 1 is 1.21 bits per heavy atom. The van der Waals surface area contributed by atoms with Crippen molar-refractivity contribution in [3.63, 3.8) is 0 Å². The number of aromatic nitrogens is 4. The summed E-state index contributed by atoms with van der Waals surface area (Å²) in [6.45, 7) is 5.94. The molecule has 1 heterocycles. The van der Waals surface area contributed by atoms with E-state index in [1.165, 1.54) is 23.9 Å². The van der Waals surface area contributed by atoms with Crippen LogP contribution in [0.4, 0.5) is 4.39 Å². The molecule has 0 saturated heterocycles. The van der Waals surface area contributed by atoms with Crippen molar-refractivity contribution in [3.05, 3.63) is 65.0 Å². The average molecular weight is 399 g/mol. The first kappa shape index (κ1) is 20.0. The number of thioether (sulfide) groups is 1. The molecule has 0 N–H and O–H groups in total. The molecule has 0 saturated carbocycles. The van der Waals surface area contributed by atoms with Crippen LogP contribution in [0.3, 0.4) is 0 Å². The summed E-state index contributed by atoms with van der Waals surface area (Å²) in [5.74, 6) is -0.149. The molecule has 1 amide bonds. The molecular weight excluding hydrogens is 377 g/mol. The number of rotatable bonds is 6. The molecule has 2 aromatic carbocycles. The van der Waals surface area contributed by atoms with Gasteiger partial charge < -0.3 is 4.90 Å². The molecule has 0 fully saturated rings. The third-order valence-corrected chi connectivity index (χ3v) is 5.58. The van der Waals surface area contributed by atoms with E-state index in [0.29, 0.717) is 5.16 Å². The number of benzene rings is 2. The fraction of sp³-hybridized carbons (Fsp3) is 0.300. The van der Waals surface area contributed by atoms with Gasteiger partial charge in [-0.1, -0.05) is 41.6 Å². The Hall–Kier alpha value is -2.74.